The molecule has 3 nitrogen and oxygen atoms in total. The number of hydrogen-bond donors (Lipinski definition) is 1. The molecular weight excluding hydrogens is 301 g/mol. The van der Waals surface area contributed by atoms with Gasteiger partial charge in [0.05, 0.1) is 5.01 Å². The Morgan fingerprint density at radius 1 is 1.38 bits per heavy atom. The molecule has 120 valence electrons. The molecule has 2 rings (SSSR count). The van der Waals surface area contributed by atoms with Crippen molar-refractivity contribution in [1.82, 2.24) is 9.88 Å². The molecule has 0 radical (unpaired) electrons. The number of aliphatic hydroxyl groups is 1. The molecule has 0 spiro atoms. The zero-order valence-electron chi connectivity index (χ0n) is 12.2. The normalized spacial score (nSPS) is 20.1. The van der Waals surface area contributed by atoms with Crippen LogP contribution >= 0.6 is 11.3 Å². The van der Waals surface area contributed by atoms with E-state index in [9.17, 15) is 18.3 Å². The quantitative estimate of drug-likeness (QED) is 0.923. The first-order valence-corrected chi connectivity index (χ1v) is 8.00. The maximum atomic E-state index is 12.5. The van der Waals surface area contributed by atoms with E-state index in [-0.39, 0.29) is 0 Å². The van der Waals surface area contributed by atoms with Gasteiger partial charge in [0.2, 0.25) is 0 Å². The van der Waals surface area contributed by atoms with Gasteiger partial charge in [0.25, 0.3) is 0 Å². The molecule has 0 aromatic carbocycles. The maximum absolute atomic E-state index is 12.5. The van der Waals surface area contributed by atoms with E-state index in [1.807, 2.05) is 6.20 Å². The summed E-state index contributed by atoms with van der Waals surface area (Å²) < 4.78 is 37.5. The highest BCUT2D eigenvalue weighted by Crippen LogP contribution is 2.32. The maximum Gasteiger partial charge on any atom is 0.414 e. The second kappa shape index (κ2) is 6.62. The zero-order valence-corrected chi connectivity index (χ0v) is 13.0. The van der Waals surface area contributed by atoms with Crippen LogP contribution in [0.3, 0.4) is 0 Å². The smallest absolute Gasteiger partial charge is 0.383 e. The Morgan fingerprint density at radius 2 is 2.00 bits per heavy atom. The van der Waals surface area contributed by atoms with Crippen LogP contribution in [0, 0.1) is 5.92 Å². The molecule has 2 heterocycles. The minimum atomic E-state index is -4.50. The molecule has 1 N–H and O–H groups in total. The highest BCUT2D eigenvalue weighted by atomic mass is 32.1. The third kappa shape index (κ3) is 4.40. The Hall–Kier alpha value is -0.660. The molecule has 0 amide bonds. The fourth-order valence-corrected chi connectivity index (χ4v) is 3.54. The molecule has 1 atom stereocenters. The molecule has 1 aliphatic rings. The molecule has 1 saturated heterocycles. The van der Waals surface area contributed by atoms with Crippen molar-refractivity contribution in [2.45, 2.75) is 51.4 Å². The van der Waals surface area contributed by atoms with Crippen molar-refractivity contribution in [2.75, 3.05) is 13.1 Å². The van der Waals surface area contributed by atoms with E-state index in [1.54, 1.807) is 11.3 Å². The summed E-state index contributed by atoms with van der Waals surface area (Å²) in [6, 6.07) is 0. The first-order chi connectivity index (χ1) is 9.77. The van der Waals surface area contributed by atoms with Crippen molar-refractivity contribution in [1.29, 1.82) is 0 Å². The predicted octanol–water partition coefficient (Wildman–Crippen LogP) is 3.40. The van der Waals surface area contributed by atoms with Gasteiger partial charge in [-0.15, -0.1) is 11.3 Å². The molecule has 0 bridgehead atoms. The lowest BCUT2D eigenvalue weighted by atomic mass is 9.91. The summed E-state index contributed by atoms with van der Waals surface area (Å²) in [5.74, 6) is -0.273. The van der Waals surface area contributed by atoms with Gasteiger partial charge in [-0.25, -0.2) is 4.98 Å². The predicted molar refractivity (Wildman–Crippen MR) is 76.3 cm³/mol. The van der Waals surface area contributed by atoms with E-state index in [1.165, 1.54) is 0 Å². The number of aliphatic hydroxyl groups excluding tert-OH is 1. The first kappa shape index (κ1) is 16.7. The molecule has 0 saturated carbocycles. The van der Waals surface area contributed by atoms with Crippen molar-refractivity contribution in [3.63, 3.8) is 0 Å². The minimum absolute atomic E-state index is 0.385. The average Bonchev–Trinajstić information content (AvgIpc) is 2.86. The van der Waals surface area contributed by atoms with E-state index in [0.717, 1.165) is 16.4 Å². The van der Waals surface area contributed by atoms with Gasteiger partial charge in [0, 0.05) is 23.5 Å². The van der Waals surface area contributed by atoms with E-state index >= 15 is 0 Å². The van der Waals surface area contributed by atoms with Gasteiger partial charge in [-0.2, -0.15) is 13.2 Å². The lowest BCUT2D eigenvalue weighted by Crippen LogP contribution is -2.43. The van der Waals surface area contributed by atoms with Crippen molar-refractivity contribution in [2.24, 2.45) is 5.92 Å². The van der Waals surface area contributed by atoms with Crippen LogP contribution in [-0.2, 0) is 6.54 Å². The van der Waals surface area contributed by atoms with Crippen molar-refractivity contribution in [3.8, 4) is 0 Å². The van der Waals surface area contributed by atoms with Crippen LogP contribution in [0.5, 0.6) is 0 Å². The minimum Gasteiger partial charge on any atom is -0.383 e. The summed E-state index contributed by atoms with van der Waals surface area (Å²) in [7, 11) is 0. The van der Waals surface area contributed by atoms with Crippen LogP contribution in [0.2, 0.25) is 0 Å². The van der Waals surface area contributed by atoms with Gasteiger partial charge >= 0.3 is 6.18 Å². The van der Waals surface area contributed by atoms with E-state index in [2.05, 4.69) is 23.7 Å². The van der Waals surface area contributed by atoms with Crippen molar-refractivity contribution in [3.05, 3.63) is 16.1 Å². The number of rotatable bonds is 4. The Kier molecular flexibility index (Phi) is 5.27. The third-order valence-electron chi connectivity index (χ3n) is 3.86. The van der Waals surface area contributed by atoms with E-state index < -0.39 is 18.2 Å². The second-order valence-corrected chi connectivity index (χ2v) is 7.07. The fraction of sp³-hybridized carbons (Fsp3) is 0.786. The van der Waals surface area contributed by atoms with Crippen molar-refractivity contribution >= 4 is 11.3 Å². The topological polar surface area (TPSA) is 36.4 Å². The van der Waals surface area contributed by atoms with Gasteiger partial charge in [0.1, 0.15) is 0 Å². The SMILES string of the molecule is CC(C)c1ncc(CN2CCC(C(O)C(F)(F)F)CC2)s1. The largest absolute Gasteiger partial charge is 0.414 e. The van der Waals surface area contributed by atoms with E-state index in [4.69, 9.17) is 0 Å². The molecule has 1 aliphatic heterocycles. The van der Waals surface area contributed by atoms with Crippen LogP contribution in [0.15, 0.2) is 6.20 Å². The lowest BCUT2D eigenvalue weighted by Gasteiger charge is -2.34. The Labute approximate surface area is 126 Å². The Balaban J connectivity index is 1.84. The summed E-state index contributed by atoms with van der Waals surface area (Å²) in [4.78, 5) is 7.64. The Morgan fingerprint density at radius 3 is 2.48 bits per heavy atom. The Bertz CT molecular complexity index is 453. The van der Waals surface area contributed by atoms with Crippen LogP contribution in [-0.4, -0.2) is 40.4 Å². The van der Waals surface area contributed by atoms with Crippen molar-refractivity contribution < 1.29 is 18.3 Å². The first-order valence-electron chi connectivity index (χ1n) is 7.19. The van der Waals surface area contributed by atoms with Crippen LogP contribution < -0.4 is 0 Å². The van der Waals surface area contributed by atoms with E-state index in [0.29, 0.717) is 31.8 Å². The van der Waals surface area contributed by atoms with Gasteiger partial charge in [-0.1, -0.05) is 13.8 Å². The molecule has 1 unspecified atom stereocenters. The number of hydrogen-bond acceptors (Lipinski definition) is 4. The number of piperidine rings is 1. The highest BCUT2D eigenvalue weighted by Gasteiger charge is 2.44. The van der Waals surface area contributed by atoms with Crippen LogP contribution in [0.4, 0.5) is 13.2 Å². The summed E-state index contributed by atoms with van der Waals surface area (Å²) in [5.41, 5.74) is 0. The third-order valence-corrected chi connectivity index (χ3v) is 5.14. The second-order valence-electron chi connectivity index (χ2n) is 5.92. The highest BCUT2D eigenvalue weighted by molar-refractivity contribution is 7.11. The van der Waals surface area contributed by atoms with Gasteiger partial charge < -0.3 is 5.11 Å². The summed E-state index contributed by atoms with van der Waals surface area (Å²) in [5, 5.41) is 10.4. The molecule has 0 aliphatic carbocycles. The fourth-order valence-electron chi connectivity index (χ4n) is 2.58. The molecule has 1 aromatic heterocycles. The molecule has 21 heavy (non-hydrogen) atoms. The number of thiazole rings is 1. The molecule has 1 fully saturated rings. The molecule has 7 heteroatoms. The average molecular weight is 322 g/mol. The molecule has 1 aromatic rings. The van der Waals surface area contributed by atoms with Crippen LogP contribution in [0.1, 0.15) is 42.5 Å². The lowest BCUT2D eigenvalue weighted by molar-refractivity contribution is -0.223. The number of likely N-dealkylation sites (tertiary alicyclic amines) is 1. The van der Waals surface area contributed by atoms with Gasteiger partial charge in [0.15, 0.2) is 6.10 Å². The zero-order chi connectivity index (χ0) is 15.6. The summed E-state index contributed by atoms with van der Waals surface area (Å²) in [6.45, 7) is 6.10. The van der Waals surface area contributed by atoms with Crippen LogP contribution in [0.25, 0.3) is 0 Å². The number of aromatic nitrogens is 1. The monoisotopic (exact) mass is 322 g/mol. The molecular formula is C14H21F3N2OS. The van der Waals surface area contributed by atoms with Gasteiger partial charge in [-0.05, 0) is 31.8 Å². The summed E-state index contributed by atoms with van der Waals surface area (Å²) >= 11 is 1.66. The summed E-state index contributed by atoms with van der Waals surface area (Å²) in [6.07, 6.45) is -4.06. The number of nitrogens with zero attached hydrogens (tertiary/aromatic N) is 2. The number of alkyl halides is 3. The number of halogens is 3. The van der Waals surface area contributed by atoms with Gasteiger partial charge in [-0.3, -0.25) is 4.90 Å². The standard InChI is InChI=1S/C14H21F3N2OS/c1-9(2)13-18-7-11(21-13)8-19-5-3-10(4-6-19)12(20)14(15,16)17/h7,9-10,12,20H,3-6,8H2,1-2H3.